The Morgan fingerprint density at radius 2 is 2.33 bits per heavy atom. The van der Waals surface area contributed by atoms with E-state index in [-0.39, 0.29) is 5.91 Å². The van der Waals surface area contributed by atoms with E-state index >= 15 is 0 Å². The minimum Gasteiger partial charge on any atom is -0.326 e. The van der Waals surface area contributed by atoms with E-state index in [2.05, 4.69) is 31.6 Å². The molecule has 0 atom stereocenters. The molecule has 1 amide bonds. The molecule has 18 heavy (non-hydrogen) atoms. The first-order valence-electron chi connectivity index (χ1n) is 5.24. The lowest BCUT2D eigenvalue weighted by molar-refractivity contribution is -0.116. The summed E-state index contributed by atoms with van der Waals surface area (Å²) in [6.07, 6.45) is 3.62. The first-order chi connectivity index (χ1) is 8.65. The third kappa shape index (κ3) is 3.54. The Labute approximate surface area is 117 Å². The van der Waals surface area contributed by atoms with Gasteiger partial charge in [0.05, 0.1) is 17.8 Å². The Bertz CT molecular complexity index is 544. The molecule has 1 aromatic carbocycles. The zero-order chi connectivity index (χ0) is 13.0. The van der Waals surface area contributed by atoms with E-state index < -0.39 is 0 Å². The van der Waals surface area contributed by atoms with Crippen molar-refractivity contribution in [2.24, 2.45) is 0 Å². The number of hydrogen-bond acceptors (Lipinski definition) is 3. The van der Waals surface area contributed by atoms with Crippen LogP contribution in [-0.4, -0.2) is 20.9 Å². The third-order valence-electron chi connectivity index (χ3n) is 2.24. The van der Waals surface area contributed by atoms with Gasteiger partial charge in [0.15, 0.2) is 0 Å². The average molecular weight is 330 g/mol. The quantitative estimate of drug-likeness (QED) is 0.938. The van der Waals surface area contributed by atoms with Crippen molar-refractivity contribution >= 4 is 39.1 Å². The topological polar surface area (TPSA) is 59.8 Å². The summed E-state index contributed by atoms with van der Waals surface area (Å²) < 4.78 is 2.40. The molecule has 1 heterocycles. The van der Waals surface area contributed by atoms with Crippen molar-refractivity contribution in [3.8, 4) is 0 Å². The number of amides is 1. The third-order valence-corrected chi connectivity index (χ3v) is 3.48. The maximum absolute atomic E-state index is 11.7. The van der Waals surface area contributed by atoms with E-state index in [1.165, 1.54) is 0 Å². The lowest BCUT2D eigenvalue weighted by atomic mass is 10.3. The van der Waals surface area contributed by atoms with Crippen LogP contribution in [0.1, 0.15) is 6.42 Å². The molecule has 0 aliphatic rings. The van der Waals surface area contributed by atoms with E-state index in [9.17, 15) is 4.79 Å². The molecule has 0 bridgehead atoms. The molecular formula is C11H10BrClN4O. The zero-order valence-electron chi connectivity index (χ0n) is 9.31. The SMILES string of the molecule is O=C(CCn1ccnn1)Nc1ccc(Br)c(Cl)c1. The summed E-state index contributed by atoms with van der Waals surface area (Å²) >= 11 is 9.22. The minimum atomic E-state index is -0.0936. The van der Waals surface area contributed by atoms with Gasteiger partial charge in [-0.3, -0.25) is 9.48 Å². The molecule has 0 aliphatic carbocycles. The molecule has 94 valence electrons. The number of aryl methyl sites for hydroxylation is 1. The number of carbonyl (C=O) groups excluding carboxylic acids is 1. The molecule has 0 spiro atoms. The highest BCUT2D eigenvalue weighted by Gasteiger charge is 2.05. The van der Waals surface area contributed by atoms with E-state index in [4.69, 9.17) is 11.6 Å². The van der Waals surface area contributed by atoms with Crippen LogP contribution in [0.4, 0.5) is 5.69 Å². The smallest absolute Gasteiger partial charge is 0.226 e. The van der Waals surface area contributed by atoms with Gasteiger partial charge in [-0.25, -0.2) is 0 Å². The molecule has 7 heteroatoms. The molecular weight excluding hydrogens is 320 g/mol. The van der Waals surface area contributed by atoms with Crippen LogP contribution >= 0.6 is 27.5 Å². The number of halogens is 2. The number of benzene rings is 1. The van der Waals surface area contributed by atoms with E-state index in [1.807, 2.05) is 0 Å². The van der Waals surface area contributed by atoms with Crippen molar-refractivity contribution in [3.63, 3.8) is 0 Å². The Balaban J connectivity index is 1.88. The number of rotatable bonds is 4. The number of carbonyl (C=O) groups is 1. The minimum absolute atomic E-state index is 0.0936. The number of nitrogens with zero attached hydrogens (tertiary/aromatic N) is 3. The summed E-state index contributed by atoms with van der Waals surface area (Å²) in [4.78, 5) is 11.7. The van der Waals surface area contributed by atoms with E-state index in [0.717, 1.165) is 4.47 Å². The van der Waals surface area contributed by atoms with Crippen LogP contribution in [0.25, 0.3) is 0 Å². The number of nitrogens with one attached hydrogen (secondary N) is 1. The monoisotopic (exact) mass is 328 g/mol. The van der Waals surface area contributed by atoms with Gasteiger partial charge in [-0.05, 0) is 34.1 Å². The molecule has 1 N–H and O–H groups in total. The Hall–Kier alpha value is -1.40. The zero-order valence-corrected chi connectivity index (χ0v) is 11.6. The van der Waals surface area contributed by atoms with Gasteiger partial charge in [0.1, 0.15) is 0 Å². The summed E-state index contributed by atoms with van der Waals surface area (Å²) in [5, 5.41) is 10.8. The van der Waals surface area contributed by atoms with Crippen LogP contribution in [0.15, 0.2) is 35.1 Å². The predicted molar refractivity (Wildman–Crippen MR) is 72.4 cm³/mol. The molecule has 2 rings (SSSR count). The first kappa shape index (κ1) is 13.0. The Morgan fingerprint density at radius 1 is 1.50 bits per heavy atom. The molecule has 0 saturated heterocycles. The summed E-state index contributed by atoms with van der Waals surface area (Å²) in [6, 6.07) is 5.26. The Morgan fingerprint density at radius 3 is 3.00 bits per heavy atom. The van der Waals surface area contributed by atoms with Crippen molar-refractivity contribution < 1.29 is 4.79 Å². The number of anilines is 1. The Kier molecular flexibility index (Phi) is 4.33. The maximum atomic E-state index is 11.7. The van der Waals surface area contributed by atoms with Gasteiger partial charge in [0.25, 0.3) is 0 Å². The fourth-order valence-corrected chi connectivity index (χ4v) is 1.79. The van der Waals surface area contributed by atoms with Gasteiger partial charge in [0, 0.05) is 22.8 Å². The summed E-state index contributed by atoms with van der Waals surface area (Å²) in [6.45, 7) is 0.496. The second kappa shape index (κ2) is 5.97. The second-order valence-electron chi connectivity index (χ2n) is 3.59. The number of hydrogen-bond donors (Lipinski definition) is 1. The van der Waals surface area contributed by atoms with E-state index in [0.29, 0.717) is 23.7 Å². The molecule has 2 aromatic rings. The highest BCUT2D eigenvalue weighted by Crippen LogP contribution is 2.25. The maximum Gasteiger partial charge on any atom is 0.226 e. The largest absolute Gasteiger partial charge is 0.326 e. The lowest BCUT2D eigenvalue weighted by Crippen LogP contribution is -2.14. The van der Waals surface area contributed by atoms with Crippen LogP contribution < -0.4 is 5.32 Å². The van der Waals surface area contributed by atoms with Crippen LogP contribution in [-0.2, 0) is 11.3 Å². The fraction of sp³-hybridized carbons (Fsp3) is 0.182. The molecule has 0 saturated carbocycles. The molecule has 0 unspecified atom stereocenters. The normalized spacial score (nSPS) is 10.3. The van der Waals surface area contributed by atoms with Crippen molar-refractivity contribution in [2.45, 2.75) is 13.0 Å². The average Bonchev–Trinajstić information content (AvgIpc) is 2.84. The predicted octanol–water partition coefficient (Wildman–Crippen LogP) is 2.72. The van der Waals surface area contributed by atoms with Crippen LogP contribution in [0.2, 0.25) is 5.02 Å². The van der Waals surface area contributed by atoms with Crippen LogP contribution in [0.3, 0.4) is 0 Å². The van der Waals surface area contributed by atoms with Crippen molar-refractivity contribution in [1.29, 1.82) is 0 Å². The van der Waals surface area contributed by atoms with Crippen molar-refractivity contribution in [2.75, 3.05) is 5.32 Å². The van der Waals surface area contributed by atoms with Gasteiger partial charge >= 0.3 is 0 Å². The first-order valence-corrected chi connectivity index (χ1v) is 6.41. The summed E-state index contributed by atoms with van der Waals surface area (Å²) in [7, 11) is 0. The van der Waals surface area contributed by atoms with Gasteiger partial charge in [-0.1, -0.05) is 16.8 Å². The molecule has 0 fully saturated rings. The lowest BCUT2D eigenvalue weighted by Gasteiger charge is -2.06. The fourth-order valence-electron chi connectivity index (χ4n) is 1.37. The molecule has 0 aliphatic heterocycles. The standard InChI is InChI=1S/C11H10BrClN4O/c12-9-2-1-8(7-10(9)13)15-11(18)3-5-17-6-4-14-16-17/h1-2,4,6-7H,3,5H2,(H,15,18). The van der Waals surface area contributed by atoms with Gasteiger partial charge in [-0.15, -0.1) is 5.10 Å². The van der Waals surface area contributed by atoms with Crippen molar-refractivity contribution in [3.05, 3.63) is 40.1 Å². The molecule has 5 nitrogen and oxygen atoms in total. The molecule has 1 aromatic heterocycles. The van der Waals surface area contributed by atoms with Gasteiger partial charge in [0.2, 0.25) is 5.91 Å². The summed E-state index contributed by atoms with van der Waals surface area (Å²) in [5.74, 6) is -0.0936. The van der Waals surface area contributed by atoms with Crippen LogP contribution in [0.5, 0.6) is 0 Å². The van der Waals surface area contributed by atoms with Crippen LogP contribution in [0, 0.1) is 0 Å². The highest BCUT2D eigenvalue weighted by atomic mass is 79.9. The highest BCUT2D eigenvalue weighted by molar-refractivity contribution is 9.10. The second-order valence-corrected chi connectivity index (χ2v) is 4.85. The van der Waals surface area contributed by atoms with Gasteiger partial charge < -0.3 is 5.32 Å². The van der Waals surface area contributed by atoms with E-state index in [1.54, 1.807) is 35.3 Å². The number of aromatic nitrogens is 3. The molecule has 0 radical (unpaired) electrons. The van der Waals surface area contributed by atoms with Crippen molar-refractivity contribution in [1.82, 2.24) is 15.0 Å². The summed E-state index contributed by atoms with van der Waals surface area (Å²) in [5.41, 5.74) is 0.673. The van der Waals surface area contributed by atoms with Gasteiger partial charge in [-0.2, -0.15) is 0 Å².